The highest BCUT2D eigenvalue weighted by molar-refractivity contribution is 14.0. The minimum atomic E-state index is -0.154. The molecule has 0 spiro atoms. The summed E-state index contributed by atoms with van der Waals surface area (Å²) in [6.07, 6.45) is 2.31. The maximum Gasteiger partial charge on any atom is 0.193 e. The summed E-state index contributed by atoms with van der Waals surface area (Å²) >= 11 is 0. The second kappa shape index (κ2) is 12.5. The molecule has 1 aromatic rings. The predicted molar refractivity (Wildman–Crippen MR) is 112 cm³/mol. The molecule has 0 aliphatic heterocycles. The van der Waals surface area contributed by atoms with Crippen LogP contribution in [0.2, 0.25) is 0 Å². The van der Waals surface area contributed by atoms with Gasteiger partial charge < -0.3 is 15.1 Å². The van der Waals surface area contributed by atoms with Gasteiger partial charge in [-0.25, -0.2) is 9.38 Å². The van der Waals surface area contributed by atoms with E-state index in [4.69, 9.17) is 0 Å². The quantitative estimate of drug-likeness (QED) is 0.372. The fourth-order valence-corrected chi connectivity index (χ4v) is 2.33. The Bertz CT molecular complexity index is 506. The van der Waals surface area contributed by atoms with Crippen molar-refractivity contribution in [3.63, 3.8) is 0 Å². The molecule has 0 aromatic heterocycles. The van der Waals surface area contributed by atoms with E-state index in [0.29, 0.717) is 18.7 Å². The molecule has 6 heteroatoms. The molecule has 1 N–H and O–H groups in total. The maximum absolute atomic E-state index is 13.8. The van der Waals surface area contributed by atoms with E-state index in [0.717, 1.165) is 37.5 Å². The van der Waals surface area contributed by atoms with E-state index in [1.807, 2.05) is 31.1 Å². The van der Waals surface area contributed by atoms with E-state index < -0.39 is 0 Å². The molecule has 24 heavy (non-hydrogen) atoms. The number of hydrogen-bond acceptors (Lipinski definition) is 2. The van der Waals surface area contributed by atoms with Gasteiger partial charge in [-0.15, -0.1) is 24.0 Å². The third-order valence-electron chi connectivity index (χ3n) is 3.55. The van der Waals surface area contributed by atoms with E-state index >= 15 is 0 Å². The summed E-state index contributed by atoms with van der Waals surface area (Å²) in [7, 11) is 5.94. The van der Waals surface area contributed by atoms with Gasteiger partial charge in [0.2, 0.25) is 0 Å². The summed E-state index contributed by atoms with van der Waals surface area (Å²) < 4.78 is 13.8. The first kappa shape index (κ1) is 23.1. The van der Waals surface area contributed by atoms with Gasteiger partial charge in [-0.05, 0) is 45.1 Å². The number of benzene rings is 1. The molecule has 1 rings (SSSR count). The third-order valence-corrected chi connectivity index (χ3v) is 3.55. The standard InChI is InChI=1S/C18H31FN4.HI/c1-6-8-11-23(5)18(20-7-2)21-13-15-9-10-17(19)16(12-15)14-22(3)4;/h9-10,12H,6-8,11,13-14H2,1-5H3,(H,20,21);1H. The average molecular weight is 450 g/mol. The van der Waals surface area contributed by atoms with Gasteiger partial charge in [0, 0.05) is 32.2 Å². The Hall–Kier alpha value is -0.890. The first-order valence-corrected chi connectivity index (χ1v) is 8.39. The van der Waals surface area contributed by atoms with Crippen LogP contribution < -0.4 is 5.32 Å². The molecule has 0 amide bonds. The van der Waals surface area contributed by atoms with Crippen LogP contribution >= 0.6 is 24.0 Å². The monoisotopic (exact) mass is 450 g/mol. The Morgan fingerprint density at radius 3 is 2.50 bits per heavy atom. The van der Waals surface area contributed by atoms with Crippen LogP contribution in [0.1, 0.15) is 37.8 Å². The predicted octanol–water partition coefficient (Wildman–Crippen LogP) is 3.70. The number of aliphatic imine (C=N–C) groups is 1. The molecule has 0 fully saturated rings. The van der Waals surface area contributed by atoms with Crippen LogP contribution in [0.15, 0.2) is 23.2 Å². The van der Waals surface area contributed by atoms with E-state index in [2.05, 4.69) is 36.1 Å². The van der Waals surface area contributed by atoms with Crippen LogP contribution in [0.3, 0.4) is 0 Å². The number of hydrogen-bond donors (Lipinski definition) is 1. The van der Waals surface area contributed by atoms with Gasteiger partial charge in [-0.1, -0.05) is 19.4 Å². The first-order valence-electron chi connectivity index (χ1n) is 8.39. The van der Waals surface area contributed by atoms with Gasteiger partial charge >= 0.3 is 0 Å². The zero-order valence-corrected chi connectivity index (χ0v) is 17.9. The van der Waals surface area contributed by atoms with Crippen molar-refractivity contribution in [1.29, 1.82) is 0 Å². The van der Waals surface area contributed by atoms with E-state index in [1.54, 1.807) is 0 Å². The lowest BCUT2D eigenvalue weighted by atomic mass is 10.1. The molecule has 0 radical (unpaired) electrons. The van der Waals surface area contributed by atoms with Crippen LogP contribution in [-0.4, -0.2) is 50.0 Å². The Morgan fingerprint density at radius 2 is 1.92 bits per heavy atom. The van der Waals surface area contributed by atoms with Gasteiger partial charge in [0.25, 0.3) is 0 Å². The van der Waals surface area contributed by atoms with Crippen molar-refractivity contribution in [3.8, 4) is 0 Å². The zero-order chi connectivity index (χ0) is 17.2. The highest BCUT2D eigenvalue weighted by Crippen LogP contribution is 2.13. The second-order valence-electron chi connectivity index (χ2n) is 6.11. The second-order valence-corrected chi connectivity index (χ2v) is 6.11. The van der Waals surface area contributed by atoms with Crippen LogP contribution in [0, 0.1) is 5.82 Å². The summed E-state index contributed by atoms with van der Waals surface area (Å²) in [6.45, 7) is 7.22. The molecule has 138 valence electrons. The molecule has 0 bridgehead atoms. The number of guanidine groups is 1. The van der Waals surface area contributed by atoms with Gasteiger partial charge in [-0.3, -0.25) is 0 Å². The Morgan fingerprint density at radius 1 is 1.21 bits per heavy atom. The third kappa shape index (κ3) is 8.28. The topological polar surface area (TPSA) is 30.9 Å². The van der Waals surface area contributed by atoms with Crippen molar-refractivity contribution in [2.24, 2.45) is 4.99 Å². The molecule has 0 atom stereocenters. The van der Waals surface area contributed by atoms with Crippen LogP contribution in [-0.2, 0) is 13.1 Å². The molecule has 4 nitrogen and oxygen atoms in total. The molecule has 0 saturated heterocycles. The van der Waals surface area contributed by atoms with Crippen molar-refractivity contribution in [2.45, 2.75) is 39.8 Å². The number of halogens is 2. The highest BCUT2D eigenvalue weighted by atomic mass is 127. The molecule has 0 unspecified atom stereocenters. The minimum absolute atomic E-state index is 0. The summed E-state index contributed by atoms with van der Waals surface area (Å²) in [5.74, 6) is 0.748. The molecular formula is C18H32FIN4. The Balaban J connectivity index is 0.00000529. The lowest BCUT2D eigenvalue weighted by Crippen LogP contribution is -2.39. The number of rotatable bonds is 8. The Kier molecular flexibility index (Phi) is 12.0. The number of nitrogens with one attached hydrogen (secondary N) is 1. The van der Waals surface area contributed by atoms with Crippen LogP contribution in [0.5, 0.6) is 0 Å². The van der Waals surface area contributed by atoms with Crippen molar-refractivity contribution in [3.05, 3.63) is 35.1 Å². The lowest BCUT2D eigenvalue weighted by molar-refractivity contribution is 0.392. The minimum Gasteiger partial charge on any atom is -0.357 e. The average Bonchev–Trinajstić information content (AvgIpc) is 2.51. The zero-order valence-electron chi connectivity index (χ0n) is 15.6. The highest BCUT2D eigenvalue weighted by Gasteiger charge is 2.07. The summed E-state index contributed by atoms with van der Waals surface area (Å²) in [6, 6.07) is 5.26. The van der Waals surface area contributed by atoms with Crippen molar-refractivity contribution < 1.29 is 4.39 Å². The molecule has 0 aliphatic carbocycles. The maximum atomic E-state index is 13.8. The van der Waals surface area contributed by atoms with Crippen LogP contribution in [0.4, 0.5) is 4.39 Å². The lowest BCUT2D eigenvalue weighted by Gasteiger charge is -2.21. The number of unbranched alkanes of at least 4 members (excludes halogenated alkanes) is 1. The fourth-order valence-electron chi connectivity index (χ4n) is 2.33. The van der Waals surface area contributed by atoms with E-state index in [-0.39, 0.29) is 29.8 Å². The van der Waals surface area contributed by atoms with Gasteiger partial charge in [0.05, 0.1) is 6.54 Å². The largest absolute Gasteiger partial charge is 0.357 e. The summed E-state index contributed by atoms with van der Waals surface area (Å²) in [4.78, 5) is 8.80. The normalized spacial score (nSPS) is 11.4. The molecule has 1 aromatic carbocycles. The summed E-state index contributed by atoms with van der Waals surface area (Å²) in [5.41, 5.74) is 1.74. The van der Waals surface area contributed by atoms with Gasteiger partial charge in [-0.2, -0.15) is 0 Å². The van der Waals surface area contributed by atoms with Gasteiger partial charge in [0.1, 0.15) is 5.82 Å². The molecule has 0 aliphatic rings. The van der Waals surface area contributed by atoms with Crippen molar-refractivity contribution in [2.75, 3.05) is 34.2 Å². The molecular weight excluding hydrogens is 418 g/mol. The summed E-state index contributed by atoms with van der Waals surface area (Å²) in [5, 5.41) is 3.31. The van der Waals surface area contributed by atoms with Crippen molar-refractivity contribution >= 4 is 29.9 Å². The molecule has 0 heterocycles. The van der Waals surface area contributed by atoms with Gasteiger partial charge in [0.15, 0.2) is 5.96 Å². The van der Waals surface area contributed by atoms with E-state index in [9.17, 15) is 4.39 Å². The Labute approximate surface area is 163 Å². The van der Waals surface area contributed by atoms with E-state index in [1.165, 1.54) is 6.07 Å². The van der Waals surface area contributed by atoms with Crippen LogP contribution in [0.25, 0.3) is 0 Å². The smallest absolute Gasteiger partial charge is 0.193 e. The fraction of sp³-hybridized carbons (Fsp3) is 0.611. The van der Waals surface area contributed by atoms with Crippen molar-refractivity contribution in [1.82, 2.24) is 15.1 Å². The first-order chi connectivity index (χ1) is 11.0. The SMILES string of the molecule is CCCCN(C)C(=NCc1ccc(F)c(CN(C)C)c1)NCC.I. The molecule has 0 saturated carbocycles. The number of nitrogens with zero attached hydrogens (tertiary/aromatic N) is 3.